The molecule has 2 aromatic rings. The molecule has 1 heterocycles. The van der Waals surface area contributed by atoms with Crippen molar-refractivity contribution in [2.45, 2.75) is 13.8 Å². The van der Waals surface area contributed by atoms with Gasteiger partial charge in [-0.05, 0) is 18.6 Å². The molecule has 0 bridgehead atoms. The number of nitrogens with two attached hydrogens (primary N) is 1. The average molecular weight is 227 g/mol. The molecule has 1 unspecified atom stereocenters. The minimum absolute atomic E-state index is 0.731. The van der Waals surface area contributed by atoms with E-state index >= 15 is 0 Å². The van der Waals surface area contributed by atoms with Crippen LogP contribution in [0.5, 0.6) is 0 Å². The van der Waals surface area contributed by atoms with E-state index in [1.54, 1.807) is 0 Å². The third-order valence-electron chi connectivity index (χ3n) is 1.73. The lowest BCUT2D eigenvalue weighted by molar-refractivity contribution is 0.538. The largest absolute Gasteiger partial charge is 0.760 e. The van der Waals surface area contributed by atoms with Crippen LogP contribution in [0.3, 0.4) is 0 Å². The van der Waals surface area contributed by atoms with Crippen molar-refractivity contribution in [3.8, 4) is 0 Å². The van der Waals surface area contributed by atoms with Crippen LogP contribution < -0.4 is 5.14 Å². The summed E-state index contributed by atoms with van der Waals surface area (Å²) in [5, 5.41) is 4.03. The third kappa shape index (κ3) is 3.43. The van der Waals surface area contributed by atoms with Crippen LogP contribution in [-0.2, 0) is 11.3 Å². The van der Waals surface area contributed by atoms with Crippen LogP contribution in [0.1, 0.15) is 11.5 Å². The van der Waals surface area contributed by atoms with Gasteiger partial charge < -0.3 is 8.97 Å². The first-order chi connectivity index (χ1) is 7.00. The second-order valence-electron chi connectivity index (χ2n) is 2.92. The van der Waals surface area contributed by atoms with Gasteiger partial charge in [0.25, 0.3) is 0 Å². The lowest BCUT2D eigenvalue weighted by Crippen LogP contribution is -1.97. The van der Waals surface area contributed by atoms with Gasteiger partial charge in [-0.2, -0.15) is 0 Å². The number of para-hydroxylation sites is 1. The number of benzene rings is 1. The lowest BCUT2D eigenvalue weighted by Gasteiger charge is -1.88. The van der Waals surface area contributed by atoms with Crippen molar-refractivity contribution < 1.29 is 13.2 Å². The molecule has 15 heavy (non-hydrogen) atoms. The van der Waals surface area contributed by atoms with Crippen LogP contribution in [0.4, 0.5) is 0 Å². The molecule has 0 saturated carbocycles. The predicted molar refractivity (Wildman–Crippen MR) is 56.6 cm³/mol. The number of aryl methyl sites for hydroxylation is 2. The van der Waals surface area contributed by atoms with E-state index in [-0.39, 0.29) is 0 Å². The first-order valence-electron chi connectivity index (χ1n) is 4.17. The van der Waals surface area contributed by atoms with Crippen LogP contribution in [0.25, 0.3) is 11.1 Å². The first-order valence-corrected chi connectivity index (χ1v) is 5.31. The summed E-state index contributed by atoms with van der Waals surface area (Å²) in [6, 6.07) is 5.94. The van der Waals surface area contributed by atoms with Gasteiger partial charge in [0.05, 0.1) is 0 Å². The minimum atomic E-state index is -2.36. The minimum Gasteiger partial charge on any atom is -0.760 e. The number of hydrogen-bond donors (Lipinski definition) is 1. The molecule has 1 aromatic carbocycles. The SMILES string of the molecule is Cc1nc2c(C)cccc2o1.NS(=O)[O-]. The highest BCUT2D eigenvalue weighted by molar-refractivity contribution is 7.76. The maximum Gasteiger partial charge on any atom is 0.192 e. The summed E-state index contributed by atoms with van der Waals surface area (Å²) in [6.07, 6.45) is 0. The van der Waals surface area contributed by atoms with Gasteiger partial charge in [0.15, 0.2) is 11.5 Å². The summed E-state index contributed by atoms with van der Waals surface area (Å²) >= 11 is -2.36. The molecule has 0 radical (unpaired) electrons. The van der Waals surface area contributed by atoms with Gasteiger partial charge in [-0.1, -0.05) is 12.1 Å². The summed E-state index contributed by atoms with van der Waals surface area (Å²) in [5.74, 6) is 0.731. The number of rotatable bonds is 0. The smallest absolute Gasteiger partial charge is 0.192 e. The van der Waals surface area contributed by atoms with E-state index in [9.17, 15) is 0 Å². The summed E-state index contributed by atoms with van der Waals surface area (Å²) in [7, 11) is 0. The van der Waals surface area contributed by atoms with Crippen LogP contribution in [-0.4, -0.2) is 13.7 Å². The van der Waals surface area contributed by atoms with Gasteiger partial charge in [0.1, 0.15) is 5.52 Å². The summed E-state index contributed by atoms with van der Waals surface area (Å²) in [6.45, 7) is 3.89. The standard InChI is InChI=1S/C9H9NO.H3NO2S/c1-6-4-3-5-8-9(6)10-7(2)11-8;1-4(2)3/h3-5H,1-2H3;1H2,(H,2,3)/p-1. The Morgan fingerprint density at radius 3 is 2.60 bits per heavy atom. The lowest BCUT2D eigenvalue weighted by atomic mass is 10.2. The van der Waals surface area contributed by atoms with Crippen LogP contribution in [0.15, 0.2) is 22.6 Å². The maximum atomic E-state index is 8.78. The number of aromatic nitrogens is 1. The van der Waals surface area contributed by atoms with Gasteiger partial charge >= 0.3 is 0 Å². The van der Waals surface area contributed by atoms with E-state index in [0.29, 0.717) is 0 Å². The molecule has 5 nitrogen and oxygen atoms in total. The van der Waals surface area contributed by atoms with Crippen LogP contribution in [0.2, 0.25) is 0 Å². The van der Waals surface area contributed by atoms with Crippen molar-refractivity contribution in [3.05, 3.63) is 29.7 Å². The molecule has 0 aliphatic rings. The van der Waals surface area contributed by atoms with Gasteiger partial charge in [0, 0.05) is 18.2 Å². The Hall–Kier alpha value is -1.24. The van der Waals surface area contributed by atoms with Gasteiger partial charge in [-0.25, -0.2) is 4.98 Å². The van der Waals surface area contributed by atoms with E-state index in [2.05, 4.69) is 10.1 Å². The third-order valence-corrected chi connectivity index (χ3v) is 1.73. The fourth-order valence-corrected chi connectivity index (χ4v) is 1.20. The van der Waals surface area contributed by atoms with Crippen molar-refractivity contribution in [1.82, 2.24) is 4.98 Å². The molecular weight excluding hydrogens is 216 g/mol. The second kappa shape index (κ2) is 5.01. The molecule has 1 aromatic heterocycles. The van der Waals surface area contributed by atoms with Crippen molar-refractivity contribution in [2.24, 2.45) is 5.14 Å². The Morgan fingerprint density at radius 1 is 1.47 bits per heavy atom. The molecule has 2 rings (SSSR count). The number of nitrogens with zero attached hydrogens (tertiary/aromatic N) is 1. The molecule has 0 amide bonds. The zero-order valence-electron chi connectivity index (χ0n) is 8.39. The number of fused-ring (bicyclic) bond motifs is 1. The highest BCUT2D eigenvalue weighted by Gasteiger charge is 2.02. The molecule has 0 fully saturated rings. The normalized spacial score (nSPS) is 12.0. The highest BCUT2D eigenvalue weighted by Crippen LogP contribution is 2.17. The van der Waals surface area contributed by atoms with E-state index in [1.807, 2.05) is 32.0 Å². The van der Waals surface area contributed by atoms with Gasteiger partial charge in [-0.15, -0.1) is 0 Å². The monoisotopic (exact) mass is 227 g/mol. The van der Waals surface area contributed by atoms with Crippen molar-refractivity contribution in [3.63, 3.8) is 0 Å². The topological polar surface area (TPSA) is 92.2 Å². The number of oxazole rings is 1. The van der Waals surface area contributed by atoms with Crippen LogP contribution >= 0.6 is 0 Å². The molecule has 1 atom stereocenters. The van der Waals surface area contributed by atoms with Gasteiger partial charge in [-0.3, -0.25) is 9.35 Å². The zero-order chi connectivity index (χ0) is 11.4. The molecule has 2 N–H and O–H groups in total. The Morgan fingerprint density at radius 2 is 2.07 bits per heavy atom. The highest BCUT2D eigenvalue weighted by atomic mass is 32.2. The van der Waals surface area contributed by atoms with E-state index in [1.165, 1.54) is 5.56 Å². The van der Waals surface area contributed by atoms with E-state index in [0.717, 1.165) is 17.0 Å². The van der Waals surface area contributed by atoms with E-state index < -0.39 is 11.3 Å². The van der Waals surface area contributed by atoms with Crippen molar-refractivity contribution in [1.29, 1.82) is 0 Å². The maximum absolute atomic E-state index is 8.78. The summed E-state index contributed by atoms with van der Waals surface area (Å²) in [5.41, 5.74) is 3.02. The number of hydrogen-bond acceptors (Lipinski definition) is 4. The molecule has 0 aliphatic carbocycles. The molecule has 0 aliphatic heterocycles. The molecule has 0 saturated heterocycles. The summed E-state index contributed by atoms with van der Waals surface area (Å²) in [4.78, 5) is 4.25. The Bertz CT molecular complexity index is 477. The second-order valence-corrected chi connectivity index (χ2v) is 3.44. The van der Waals surface area contributed by atoms with E-state index in [4.69, 9.17) is 13.2 Å². The predicted octanol–water partition coefficient (Wildman–Crippen LogP) is 1.18. The fraction of sp³-hybridized carbons (Fsp3) is 0.222. The fourth-order valence-electron chi connectivity index (χ4n) is 1.20. The average Bonchev–Trinajstić information content (AvgIpc) is 2.46. The zero-order valence-corrected chi connectivity index (χ0v) is 9.21. The Balaban J connectivity index is 0.000000245. The Kier molecular flexibility index (Phi) is 3.96. The molecule has 82 valence electrons. The van der Waals surface area contributed by atoms with Crippen LogP contribution in [0, 0.1) is 13.8 Å². The first kappa shape index (κ1) is 11.8. The van der Waals surface area contributed by atoms with Crippen molar-refractivity contribution in [2.75, 3.05) is 0 Å². The molecular formula is C9H11N2O3S-. The van der Waals surface area contributed by atoms with Crippen molar-refractivity contribution >= 4 is 22.4 Å². The molecule has 0 spiro atoms. The Labute approximate surface area is 89.7 Å². The quantitative estimate of drug-likeness (QED) is 0.684. The summed E-state index contributed by atoms with van der Waals surface area (Å²) < 4.78 is 22.9. The van der Waals surface area contributed by atoms with Gasteiger partial charge in [0.2, 0.25) is 0 Å². The molecule has 6 heteroatoms.